The van der Waals surface area contributed by atoms with Crippen molar-refractivity contribution in [2.24, 2.45) is 0 Å². The van der Waals surface area contributed by atoms with Crippen molar-refractivity contribution in [1.82, 2.24) is 15.7 Å². The lowest BCUT2D eigenvalue weighted by Crippen LogP contribution is -2.02. The summed E-state index contributed by atoms with van der Waals surface area (Å²) in [7, 11) is 0. The van der Waals surface area contributed by atoms with E-state index in [0.29, 0.717) is 12.4 Å². The third-order valence-corrected chi connectivity index (χ3v) is 1.54. The van der Waals surface area contributed by atoms with Gasteiger partial charge in [0.05, 0.1) is 6.54 Å². The lowest BCUT2D eigenvalue weighted by atomic mass is 10.6. The van der Waals surface area contributed by atoms with E-state index in [0.717, 1.165) is 0 Å². The number of nitrogens with zero attached hydrogens (tertiary/aromatic N) is 3. The number of halogens is 1. The molecule has 0 saturated carbocycles. The number of nitro groups is 1. The van der Waals surface area contributed by atoms with Crippen LogP contribution in [0.3, 0.4) is 0 Å². The van der Waals surface area contributed by atoms with Crippen LogP contribution in [0, 0.1) is 17.0 Å². The summed E-state index contributed by atoms with van der Waals surface area (Å²) in [5.41, 5.74) is 0. The van der Waals surface area contributed by atoms with Gasteiger partial charge in [0.25, 0.3) is 0 Å². The smallest absolute Gasteiger partial charge is 0.342 e. The van der Waals surface area contributed by atoms with Crippen molar-refractivity contribution in [3.63, 3.8) is 0 Å². The molecule has 7 heteroatoms. The van der Waals surface area contributed by atoms with Crippen LogP contribution in [-0.2, 0) is 6.54 Å². The van der Waals surface area contributed by atoms with Gasteiger partial charge in [-0.2, -0.15) is 0 Å². The second kappa shape index (κ2) is 5.50. The Kier molecular flexibility index (Phi) is 6.08. The van der Waals surface area contributed by atoms with E-state index in [2.05, 4.69) is 4.98 Å². The van der Waals surface area contributed by atoms with Gasteiger partial charge in [-0.05, 0) is 11.8 Å². The fourth-order valence-corrected chi connectivity index (χ4v) is 0.993. The Hall–Kier alpha value is -1.14. The second-order valence-electron chi connectivity index (χ2n) is 2.16. The van der Waals surface area contributed by atoms with Crippen LogP contribution in [0.4, 0.5) is 5.82 Å². The van der Waals surface area contributed by atoms with Gasteiger partial charge in [-0.3, -0.25) is 0 Å². The monoisotopic (exact) mass is 208 g/mol. The molecule has 1 rings (SSSR count). The standard InChI is InChI=1S/C6H9N3O2.ClH.H3N/c1-3-8-5(2)7-4-6(8)9(10)11;;/h4H,3H2,1-2H3;1H;1H3. The summed E-state index contributed by atoms with van der Waals surface area (Å²) < 4.78 is 1.56. The van der Waals surface area contributed by atoms with E-state index in [-0.39, 0.29) is 24.4 Å². The molecule has 0 atom stereocenters. The maximum atomic E-state index is 10.3. The van der Waals surface area contributed by atoms with E-state index in [9.17, 15) is 10.1 Å². The lowest BCUT2D eigenvalue weighted by molar-refractivity contribution is -0.392. The Morgan fingerprint density at radius 2 is 2.23 bits per heavy atom. The predicted octanol–water partition coefficient (Wildman–Crippen LogP) is 1.70. The Morgan fingerprint density at radius 3 is 2.54 bits per heavy atom. The molecule has 0 radical (unpaired) electrons. The van der Waals surface area contributed by atoms with Crippen LogP contribution in [0.2, 0.25) is 0 Å². The molecule has 76 valence electrons. The third kappa shape index (κ3) is 2.67. The van der Waals surface area contributed by atoms with Gasteiger partial charge >= 0.3 is 5.82 Å². The molecular weight excluding hydrogens is 196 g/mol. The van der Waals surface area contributed by atoms with Crippen LogP contribution >= 0.6 is 12.4 Å². The van der Waals surface area contributed by atoms with Crippen molar-refractivity contribution in [3.05, 3.63) is 22.1 Å². The van der Waals surface area contributed by atoms with Crippen LogP contribution in [-0.4, -0.2) is 14.5 Å². The highest BCUT2D eigenvalue weighted by Gasteiger charge is 2.14. The van der Waals surface area contributed by atoms with Gasteiger partial charge in [-0.15, -0.1) is 12.4 Å². The first kappa shape index (κ1) is 14.4. The van der Waals surface area contributed by atoms with Gasteiger partial charge in [0, 0.05) is 6.92 Å². The summed E-state index contributed by atoms with van der Waals surface area (Å²) in [4.78, 5) is 13.7. The maximum Gasteiger partial charge on any atom is 0.342 e. The molecule has 0 aliphatic carbocycles. The Morgan fingerprint density at radius 1 is 1.69 bits per heavy atom. The van der Waals surface area contributed by atoms with Crippen molar-refractivity contribution >= 4 is 18.2 Å². The molecule has 6 nitrogen and oxygen atoms in total. The molecule has 0 aromatic carbocycles. The van der Waals surface area contributed by atoms with Crippen molar-refractivity contribution in [1.29, 1.82) is 0 Å². The topological polar surface area (TPSA) is 96.0 Å². The number of hydrogen-bond donors (Lipinski definition) is 1. The van der Waals surface area contributed by atoms with Gasteiger partial charge in [-0.1, -0.05) is 0 Å². The number of aryl methyl sites for hydroxylation is 1. The second-order valence-corrected chi connectivity index (χ2v) is 2.16. The zero-order valence-corrected chi connectivity index (χ0v) is 8.37. The summed E-state index contributed by atoms with van der Waals surface area (Å²) in [6.45, 7) is 4.18. The Balaban J connectivity index is 0. The number of rotatable bonds is 2. The molecule has 3 N–H and O–H groups in total. The average molecular weight is 209 g/mol. The van der Waals surface area contributed by atoms with Gasteiger partial charge < -0.3 is 16.3 Å². The lowest BCUT2D eigenvalue weighted by Gasteiger charge is -1.96. The SMILES string of the molecule is CCn1c([N+](=O)[O-])cnc1C.Cl.N. The third-order valence-electron chi connectivity index (χ3n) is 1.54. The van der Waals surface area contributed by atoms with Crippen LogP contribution in [0.25, 0.3) is 0 Å². The fraction of sp³-hybridized carbons (Fsp3) is 0.500. The molecule has 1 aromatic heterocycles. The van der Waals surface area contributed by atoms with Gasteiger partial charge in [0.2, 0.25) is 0 Å². The molecular formula is C6H13ClN4O2. The first-order valence-electron chi connectivity index (χ1n) is 3.33. The molecule has 0 aliphatic heterocycles. The zero-order valence-electron chi connectivity index (χ0n) is 7.56. The first-order chi connectivity index (χ1) is 5.16. The van der Waals surface area contributed by atoms with E-state index in [1.807, 2.05) is 6.92 Å². The van der Waals surface area contributed by atoms with E-state index in [4.69, 9.17) is 0 Å². The quantitative estimate of drug-likeness (QED) is 0.591. The van der Waals surface area contributed by atoms with E-state index in [1.54, 1.807) is 11.5 Å². The summed E-state index contributed by atoms with van der Waals surface area (Å²) in [6.07, 6.45) is 1.28. The summed E-state index contributed by atoms with van der Waals surface area (Å²) >= 11 is 0. The van der Waals surface area contributed by atoms with E-state index < -0.39 is 4.92 Å². The molecule has 0 spiro atoms. The minimum atomic E-state index is -0.427. The molecule has 0 unspecified atom stereocenters. The number of imidazole rings is 1. The number of aromatic nitrogens is 2. The van der Waals surface area contributed by atoms with Crippen molar-refractivity contribution in [2.45, 2.75) is 20.4 Å². The van der Waals surface area contributed by atoms with Crippen molar-refractivity contribution in [2.75, 3.05) is 0 Å². The Bertz CT molecular complexity index is 286. The minimum Gasteiger partial charge on any atom is -0.358 e. The maximum absolute atomic E-state index is 10.3. The van der Waals surface area contributed by atoms with Gasteiger partial charge in [0.1, 0.15) is 6.20 Å². The molecule has 0 bridgehead atoms. The van der Waals surface area contributed by atoms with E-state index in [1.165, 1.54) is 6.20 Å². The summed E-state index contributed by atoms with van der Waals surface area (Å²) in [5, 5.41) is 10.3. The van der Waals surface area contributed by atoms with Crippen LogP contribution < -0.4 is 6.15 Å². The molecule has 0 saturated heterocycles. The summed E-state index contributed by atoms with van der Waals surface area (Å²) in [6, 6.07) is 0. The fourth-order valence-electron chi connectivity index (χ4n) is 0.993. The van der Waals surface area contributed by atoms with Crippen LogP contribution in [0.5, 0.6) is 0 Å². The molecule has 0 amide bonds. The molecule has 1 heterocycles. The average Bonchev–Trinajstić information content (AvgIpc) is 2.30. The predicted molar refractivity (Wildman–Crippen MR) is 51.6 cm³/mol. The molecule has 0 aliphatic rings. The number of hydrogen-bond acceptors (Lipinski definition) is 4. The summed E-state index contributed by atoms with van der Waals surface area (Å²) in [5.74, 6) is 0.740. The highest BCUT2D eigenvalue weighted by atomic mass is 35.5. The van der Waals surface area contributed by atoms with Crippen molar-refractivity contribution < 1.29 is 4.92 Å². The largest absolute Gasteiger partial charge is 0.358 e. The zero-order chi connectivity index (χ0) is 8.43. The van der Waals surface area contributed by atoms with E-state index >= 15 is 0 Å². The highest BCUT2D eigenvalue weighted by Crippen LogP contribution is 2.12. The molecule has 0 fully saturated rings. The van der Waals surface area contributed by atoms with Crippen LogP contribution in [0.15, 0.2) is 6.20 Å². The Labute approximate surface area is 82.1 Å². The van der Waals surface area contributed by atoms with Gasteiger partial charge in [-0.25, -0.2) is 9.55 Å². The molecule has 1 aromatic rings. The minimum absolute atomic E-state index is 0. The highest BCUT2D eigenvalue weighted by molar-refractivity contribution is 5.85. The van der Waals surface area contributed by atoms with Crippen molar-refractivity contribution in [3.8, 4) is 0 Å². The normalized spacial score (nSPS) is 8.46. The van der Waals surface area contributed by atoms with Gasteiger partial charge in [0.15, 0.2) is 5.82 Å². The first-order valence-corrected chi connectivity index (χ1v) is 3.33. The molecule has 13 heavy (non-hydrogen) atoms. The van der Waals surface area contributed by atoms with Crippen LogP contribution in [0.1, 0.15) is 12.7 Å².